The Labute approximate surface area is 169 Å². The van der Waals surface area contributed by atoms with E-state index in [4.69, 9.17) is 4.52 Å². The van der Waals surface area contributed by atoms with Crippen molar-refractivity contribution in [1.29, 1.82) is 0 Å². The molecule has 1 saturated heterocycles. The second-order valence-electron chi connectivity index (χ2n) is 7.55. The molecule has 0 aliphatic carbocycles. The molecule has 0 saturated carbocycles. The van der Waals surface area contributed by atoms with Gasteiger partial charge in [0.25, 0.3) is 0 Å². The van der Waals surface area contributed by atoms with Gasteiger partial charge in [0.15, 0.2) is 5.96 Å². The maximum Gasteiger partial charge on any atom is 0.193 e. The van der Waals surface area contributed by atoms with Crippen LogP contribution < -0.4 is 5.32 Å². The van der Waals surface area contributed by atoms with Crippen LogP contribution in [0, 0.1) is 0 Å². The lowest BCUT2D eigenvalue weighted by molar-refractivity contribution is 0.168. The average molecular weight is 434 g/mol. The summed E-state index contributed by atoms with van der Waals surface area (Å²) in [5, 5.41) is 7.57. The number of nitrogens with zero attached hydrogens (tertiary/aromatic N) is 4. The van der Waals surface area contributed by atoms with Gasteiger partial charge in [-0.3, -0.25) is 9.89 Å². The van der Waals surface area contributed by atoms with Crippen LogP contribution in [0.25, 0.3) is 0 Å². The molecule has 7 heteroatoms. The number of aliphatic imine (C=N–C) groups is 1. The molecule has 1 aromatic carbocycles. The third-order valence-electron chi connectivity index (χ3n) is 5.06. The molecule has 0 radical (unpaired) electrons. The predicted octanol–water partition coefficient (Wildman–Crippen LogP) is 3.11. The molecule has 2 heterocycles. The highest BCUT2D eigenvalue weighted by Gasteiger charge is 2.24. The molecular weight excluding hydrogens is 406 g/mol. The molecule has 0 unspecified atom stereocenters. The van der Waals surface area contributed by atoms with Gasteiger partial charge in [-0.1, -0.05) is 47.1 Å². The van der Waals surface area contributed by atoms with Gasteiger partial charge in [0.1, 0.15) is 6.26 Å². The summed E-state index contributed by atoms with van der Waals surface area (Å²) >= 11 is 3.57. The van der Waals surface area contributed by atoms with Gasteiger partial charge >= 0.3 is 0 Å². The zero-order chi connectivity index (χ0) is 19.3. The molecule has 27 heavy (non-hydrogen) atoms. The molecule has 0 amide bonds. The number of hydrogen-bond donors (Lipinski definition) is 1. The van der Waals surface area contributed by atoms with E-state index >= 15 is 0 Å². The zero-order valence-electron chi connectivity index (χ0n) is 16.3. The minimum Gasteiger partial charge on any atom is -0.364 e. The van der Waals surface area contributed by atoms with Crippen molar-refractivity contribution in [1.82, 2.24) is 20.3 Å². The number of nitrogens with one attached hydrogen (secondary N) is 1. The van der Waals surface area contributed by atoms with Gasteiger partial charge in [0.2, 0.25) is 0 Å². The maximum absolute atomic E-state index is 4.92. The first-order valence-electron chi connectivity index (χ1n) is 9.31. The molecular formula is C20H28BrN5O. The summed E-state index contributed by atoms with van der Waals surface area (Å²) in [4.78, 5) is 9.23. The largest absolute Gasteiger partial charge is 0.364 e. The van der Waals surface area contributed by atoms with Crippen molar-refractivity contribution >= 4 is 21.9 Å². The molecule has 1 aliphatic rings. The van der Waals surface area contributed by atoms with Crippen LogP contribution in [0.1, 0.15) is 25.1 Å². The van der Waals surface area contributed by atoms with E-state index in [1.165, 1.54) is 5.56 Å². The van der Waals surface area contributed by atoms with E-state index < -0.39 is 0 Å². The summed E-state index contributed by atoms with van der Waals surface area (Å²) in [6.45, 7) is 10.1. The normalized spacial score (nSPS) is 16.6. The first-order valence-corrected chi connectivity index (χ1v) is 10.1. The van der Waals surface area contributed by atoms with E-state index in [0.29, 0.717) is 0 Å². The highest BCUT2D eigenvalue weighted by molar-refractivity contribution is 9.10. The third kappa shape index (κ3) is 5.32. The molecule has 0 spiro atoms. The van der Waals surface area contributed by atoms with Gasteiger partial charge in [0.05, 0.1) is 5.69 Å². The first kappa shape index (κ1) is 19.9. The Hall–Kier alpha value is -1.86. The Bertz CT molecular complexity index is 751. The van der Waals surface area contributed by atoms with Crippen molar-refractivity contribution in [2.75, 3.05) is 39.8 Å². The van der Waals surface area contributed by atoms with Gasteiger partial charge < -0.3 is 14.7 Å². The number of halogens is 1. The summed E-state index contributed by atoms with van der Waals surface area (Å²) in [5.41, 5.74) is 2.30. The lowest BCUT2D eigenvalue weighted by atomic mass is 9.85. The van der Waals surface area contributed by atoms with Crippen LogP contribution in [-0.4, -0.2) is 60.7 Å². The van der Waals surface area contributed by atoms with Crippen molar-refractivity contribution < 1.29 is 4.52 Å². The number of guanidine groups is 1. The smallest absolute Gasteiger partial charge is 0.193 e. The average Bonchev–Trinajstić information content (AvgIpc) is 3.16. The van der Waals surface area contributed by atoms with Crippen LogP contribution >= 0.6 is 15.9 Å². The molecule has 1 aliphatic heterocycles. The van der Waals surface area contributed by atoms with Crippen molar-refractivity contribution in [3.63, 3.8) is 0 Å². The second-order valence-corrected chi connectivity index (χ2v) is 8.46. The second kappa shape index (κ2) is 8.89. The van der Waals surface area contributed by atoms with Crippen molar-refractivity contribution in [2.45, 2.75) is 25.8 Å². The predicted molar refractivity (Wildman–Crippen MR) is 112 cm³/mol. The van der Waals surface area contributed by atoms with E-state index in [1.54, 1.807) is 6.26 Å². The number of benzene rings is 1. The van der Waals surface area contributed by atoms with E-state index in [2.05, 4.69) is 79.3 Å². The lowest BCUT2D eigenvalue weighted by Gasteiger charge is -2.37. The van der Waals surface area contributed by atoms with Crippen molar-refractivity contribution in [2.24, 2.45) is 4.99 Å². The number of aromatic nitrogens is 1. The quantitative estimate of drug-likeness (QED) is 0.579. The summed E-state index contributed by atoms with van der Waals surface area (Å²) < 4.78 is 6.03. The Morgan fingerprint density at radius 1 is 1.26 bits per heavy atom. The summed E-state index contributed by atoms with van der Waals surface area (Å²) in [6, 6.07) is 10.4. The van der Waals surface area contributed by atoms with Crippen molar-refractivity contribution in [3.05, 3.63) is 52.3 Å². The van der Waals surface area contributed by atoms with Gasteiger partial charge in [-0.25, -0.2) is 0 Å². The van der Waals surface area contributed by atoms with Gasteiger partial charge in [0, 0.05) is 62.3 Å². The fourth-order valence-electron chi connectivity index (χ4n) is 3.31. The molecule has 0 atom stereocenters. The zero-order valence-corrected chi connectivity index (χ0v) is 17.9. The fourth-order valence-corrected chi connectivity index (χ4v) is 3.71. The highest BCUT2D eigenvalue weighted by atomic mass is 79.9. The molecule has 1 fully saturated rings. The Kier molecular flexibility index (Phi) is 6.55. The molecule has 6 nitrogen and oxygen atoms in total. The third-order valence-corrected chi connectivity index (χ3v) is 5.55. The monoisotopic (exact) mass is 433 g/mol. The van der Waals surface area contributed by atoms with Crippen LogP contribution in [0.4, 0.5) is 0 Å². The van der Waals surface area contributed by atoms with Crippen LogP contribution in [0.15, 0.2) is 50.6 Å². The van der Waals surface area contributed by atoms with Crippen LogP contribution in [0.5, 0.6) is 0 Å². The number of piperazine rings is 1. The fraction of sp³-hybridized carbons (Fsp3) is 0.500. The summed E-state index contributed by atoms with van der Waals surface area (Å²) in [6.07, 6.45) is 1.63. The molecule has 1 N–H and O–H groups in total. The number of rotatable bonds is 5. The van der Waals surface area contributed by atoms with Crippen LogP contribution in [0.3, 0.4) is 0 Å². The van der Waals surface area contributed by atoms with Gasteiger partial charge in [-0.2, -0.15) is 0 Å². The summed E-state index contributed by atoms with van der Waals surface area (Å²) in [7, 11) is 1.86. The first-order chi connectivity index (χ1) is 13.0. The minimum atomic E-state index is 0.00843. The Morgan fingerprint density at radius 2 is 2.04 bits per heavy atom. The molecule has 3 rings (SSSR count). The van der Waals surface area contributed by atoms with E-state index in [-0.39, 0.29) is 5.41 Å². The van der Waals surface area contributed by atoms with E-state index in [1.807, 2.05) is 13.1 Å². The topological polar surface area (TPSA) is 56.9 Å². The Morgan fingerprint density at radius 3 is 2.67 bits per heavy atom. The maximum atomic E-state index is 4.92. The van der Waals surface area contributed by atoms with E-state index in [9.17, 15) is 0 Å². The molecule has 0 bridgehead atoms. The van der Waals surface area contributed by atoms with Crippen molar-refractivity contribution in [3.8, 4) is 0 Å². The molecule has 1 aromatic heterocycles. The Balaban J connectivity index is 1.52. The lowest BCUT2D eigenvalue weighted by Crippen LogP contribution is -2.53. The van der Waals surface area contributed by atoms with Gasteiger partial charge in [-0.15, -0.1) is 0 Å². The SMILES string of the molecule is CN=C(NCC(C)(C)c1cccc(Br)c1)N1CCN(Cc2ccon2)CC1. The van der Waals surface area contributed by atoms with Crippen LogP contribution in [0.2, 0.25) is 0 Å². The van der Waals surface area contributed by atoms with E-state index in [0.717, 1.165) is 55.4 Å². The molecule has 2 aromatic rings. The minimum absolute atomic E-state index is 0.00843. The number of hydrogen-bond acceptors (Lipinski definition) is 4. The van der Waals surface area contributed by atoms with Crippen LogP contribution in [-0.2, 0) is 12.0 Å². The standard InChI is InChI=1S/C20H28BrN5O/c1-20(2,16-5-4-6-17(21)13-16)15-23-19(22-3)26-10-8-25(9-11-26)14-18-7-12-27-24-18/h4-7,12-13H,8-11,14-15H2,1-3H3,(H,22,23). The van der Waals surface area contributed by atoms with Gasteiger partial charge in [-0.05, 0) is 17.7 Å². The highest BCUT2D eigenvalue weighted by Crippen LogP contribution is 2.25. The summed E-state index contributed by atoms with van der Waals surface area (Å²) in [5.74, 6) is 0.971. The molecule has 146 valence electrons.